The molecule has 15 heavy (non-hydrogen) atoms. The molecule has 0 bridgehead atoms. The van der Waals surface area contributed by atoms with Gasteiger partial charge in [-0.2, -0.15) is 0 Å². The summed E-state index contributed by atoms with van der Waals surface area (Å²) in [5, 5.41) is 0. The second-order valence-electron chi connectivity index (χ2n) is 2.87. The lowest BCUT2D eigenvalue weighted by Gasteiger charge is -2.04. The number of carbonyl (C=O) groups is 2. The van der Waals surface area contributed by atoms with Crippen LogP contribution in [0.2, 0.25) is 0 Å². The number of hydrogen-bond donors (Lipinski definition) is 0. The van der Waals surface area contributed by atoms with E-state index in [1.54, 1.807) is 12.1 Å². The second kappa shape index (κ2) is 5.80. The van der Waals surface area contributed by atoms with Gasteiger partial charge in [0.05, 0.1) is 0 Å². The van der Waals surface area contributed by atoms with Gasteiger partial charge in [0.1, 0.15) is 5.75 Å². The number of aryl methyl sites for hydroxylation is 1. The number of benzene rings is 1. The zero-order valence-corrected chi connectivity index (χ0v) is 8.43. The highest BCUT2D eigenvalue weighted by Gasteiger charge is 2.02. The number of carbonyl (C=O) groups excluding carboxylic acids is 2. The van der Waals surface area contributed by atoms with E-state index in [0.717, 1.165) is 6.42 Å². The average Bonchev–Trinajstić information content (AvgIpc) is 2.27. The molecule has 0 spiro atoms. The van der Waals surface area contributed by atoms with Crippen LogP contribution in [0.25, 0.3) is 0 Å². The molecular formula is C11H12O4. The molecule has 0 radical (unpaired) electrons. The quantitative estimate of drug-likeness (QED) is 0.416. The maximum absolute atomic E-state index is 10.8. The van der Waals surface area contributed by atoms with Gasteiger partial charge in [0.2, 0.25) is 0 Å². The van der Waals surface area contributed by atoms with E-state index in [1.807, 2.05) is 12.1 Å². The van der Waals surface area contributed by atoms with Crippen LogP contribution in [0.15, 0.2) is 24.3 Å². The van der Waals surface area contributed by atoms with Crippen molar-refractivity contribution in [2.75, 3.05) is 6.61 Å². The molecule has 0 amide bonds. The topological polar surface area (TPSA) is 52.6 Å². The van der Waals surface area contributed by atoms with Crippen LogP contribution >= 0.6 is 0 Å². The van der Waals surface area contributed by atoms with Crippen molar-refractivity contribution in [2.24, 2.45) is 0 Å². The minimum absolute atomic E-state index is 0.0892. The monoisotopic (exact) mass is 208 g/mol. The van der Waals surface area contributed by atoms with Crippen molar-refractivity contribution in [1.82, 2.24) is 0 Å². The first kappa shape index (κ1) is 11.2. The summed E-state index contributed by atoms with van der Waals surface area (Å²) in [6.45, 7) is 1.88. The number of ether oxygens (including phenoxy) is 2. The molecule has 0 fully saturated rings. The molecule has 0 aliphatic heterocycles. The number of rotatable bonds is 5. The van der Waals surface area contributed by atoms with Gasteiger partial charge in [-0.05, 0) is 24.1 Å². The normalized spacial score (nSPS) is 9.40. The summed E-state index contributed by atoms with van der Waals surface area (Å²) in [6.07, 6.45) is 0.952. The van der Waals surface area contributed by atoms with E-state index in [-0.39, 0.29) is 13.1 Å². The van der Waals surface area contributed by atoms with Crippen molar-refractivity contribution >= 4 is 12.4 Å². The first-order chi connectivity index (χ1) is 7.26. The molecule has 0 atom stereocenters. The summed E-state index contributed by atoms with van der Waals surface area (Å²) < 4.78 is 9.15. The predicted octanol–water partition coefficient (Wildman–Crippen LogP) is 1.33. The van der Waals surface area contributed by atoms with Crippen LogP contribution in [0.1, 0.15) is 12.5 Å². The molecule has 80 valence electrons. The SMILES string of the molecule is CCc1ccc(OCC(=O)OC=O)cc1. The van der Waals surface area contributed by atoms with Crippen LogP contribution in [0.5, 0.6) is 5.75 Å². The van der Waals surface area contributed by atoms with Crippen molar-refractivity contribution in [3.63, 3.8) is 0 Å². The van der Waals surface area contributed by atoms with Crippen molar-refractivity contribution in [1.29, 1.82) is 0 Å². The summed E-state index contributed by atoms with van der Waals surface area (Å²) in [5.74, 6) is -0.125. The Morgan fingerprint density at radius 3 is 2.53 bits per heavy atom. The van der Waals surface area contributed by atoms with Crippen molar-refractivity contribution in [3.05, 3.63) is 29.8 Å². The molecule has 1 aromatic carbocycles. The molecule has 1 rings (SSSR count). The first-order valence-electron chi connectivity index (χ1n) is 4.61. The van der Waals surface area contributed by atoms with Crippen LogP contribution in [-0.4, -0.2) is 19.0 Å². The Kier molecular flexibility index (Phi) is 4.34. The fraction of sp³-hybridized carbons (Fsp3) is 0.273. The van der Waals surface area contributed by atoms with E-state index in [9.17, 15) is 9.59 Å². The molecule has 0 saturated heterocycles. The lowest BCUT2D eigenvalue weighted by molar-refractivity contribution is -0.153. The van der Waals surface area contributed by atoms with Gasteiger partial charge in [-0.25, -0.2) is 4.79 Å². The van der Waals surface area contributed by atoms with Crippen LogP contribution in [-0.2, 0) is 20.7 Å². The lowest BCUT2D eigenvalue weighted by atomic mass is 10.2. The highest BCUT2D eigenvalue weighted by Crippen LogP contribution is 2.12. The van der Waals surface area contributed by atoms with Crippen molar-refractivity contribution < 1.29 is 19.1 Å². The Hall–Kier alpha value is -1.84. The smallest absolute Gasteiger partial charge is 0.351 e. The van der Waals surface area contributed by atoms with Crippen LogP contribution < -0.4 is 4.74 Å². The largest absolute Gasteiger partial charge is 0.482 e. The van der Waals surface area contributed by atoms with E-state index in [0.29, 0.717) is 5.75 Å². The minimum Gasteiger partial charge on any atom is -0.482 e. The van der Waals surface area contributed by atoms with E-state index in [1.165, 1.54) is 5.56 Å². The van der Waals surface area contributed by atoms with E-state index in [4.69, 9.17) is 4.74 Å². The summed E-state index contributed by atoms with van der Waals surface area (Å²) in [5.41, 5.74) is 1.19. The van der Waals surface area contributed by atoms with Gasteiger partial charge in [0.15, 0.2) is 6.61 Å². The minimum atomic E-state index is -0.704. The fourth-order valence-corrected chi connectivity index (χ4v) is 1.05. The van der Waals surface area contributed by atoms with Gasteiger partial charge in [-0.3, -0.25) is 4.79 Å². The Bertz CT molecular complexity index is 329. The third kappa shape index (κ3) is 3.81. The van der Waals surface area contributed by atoms with Crippen LogP contribution in [0.4, 0.5) is 0 Å². The summed E-state index contributed by atoms with van der Waals surface area (Å²) >= 11 is 0. The molecular weight excluding hydrogens is 196 g/mol. The molecule has 0 N–H and O–H groups in total. The first-order valence-corrected chi connectivity index (χ1v) is 4.61. The van der Waals surface area contributed by atoms with Crippen molar-refractivity contribution in [2.45, 2.75) is 13.3 Å². The highest BCUT2D eigenvalue weighted by atomic mass is 16.6. The molecule has 0 unspecified atom stereocenters. The Balaban J connectivity index is 2.43. The third-order valence-corrected chi connectivity index (χ3v) is 1.87. The van der Waals surface area contributed by atoms with E-state index < -0.39 is 5.97 Å². The van der Waals surface area contributed by atoms with Gasteiger partial charge in [0, 0.05) is 0 Å². The maximum atomic E-state index is 10.8. The molecule has 4 heteroatoms. The summed E-state index contributed by atoms with van der Waals surface area (Å²) in [7, 11) is 0. The second-order valence-corrected chi connectivity index (χ2v) is 2.87. The molecule has 0 heterocycles. The molecule has 0 aliphatic carbocycles. The zero-order chi connectivity index (χ0) is 11.1. The fourth-order valence-electron chi connectivity index (χ4n) is 1.05. The highest BCUT2D eigenvalue weighted by molar-refractivity contribution is 5.77. The molecule has 0 saturated carbocycles. The third-order valence-electron chi connectivity index (χ3n) is 1.87. The molecule has 0 aliphatic rings. The Morgan fingerprint density at radius 1 is 1.33 bits per heavy atom. The van der Waals surface area contributed by atoms with Gasteiger partial charge in [0.25, 0.3) is 0 Å². The van der Waals surface area contributed by atoms with E-state index in [2.05, 4.69) is 11.7 Å². The standard InChI is InChI=1S/C11H12O4/c1-2-9-3-5-10(6-4-9)14-7-11(13)15-8-12/h3-6,8H,2,7H2,1H3. The average molecular weight is 208 g/mol. The van der Waals surface area contributed by atoms with Crippen LogP contribution in [0, 0.1) is 0 Å². The molecule has 0 aromatic heterocycles. The Morgan fingerprint density at radius 2 is 2.00 bits per heavy atom. The Labute approximate surface area is 87.8 Å². The molecule has 1 aromatic rings. The predicted molar refractivity (Wildman–Crippen MR) is 53.5 cm³/mol. The summed E-state index contributed by atoms with van der Waals surface area (Å²) in [6, 6.07) is 7.38. The number of esters is 1. The summed E-state index contributed by atoms with van der Waals surface area (Å²) in [4.78, 5) is 20.6. The maximum Gasteiger partial charge on any atom is 0.351 e. The van der Waals surface area contributed by atoms with Gasteiger partial charge in [-0.15, -0.1) is 0 Å². The zero-order valence-electron chi connectivity index (χ0n) is 8.43. The van der Waals surface area contributed by atoms with Crippen LogP contribution in [0.3, 0.4) is 0 Å². The van der Waals surface area contributed by atoms with Crippen molar-refractivity contribution in [3.8, 4) is 5.75 Å². The van der Waals surface area contributed by atoms with Gasteiger partial charge >= 0.3 is 12.4 Å². The lowest BCUT2D eigenvalue weighted by Crippen LogP contribution is -2.13. The van der Waals surface area contributed by atoms with Gasteiger partial charge < -0.3 is 9.47 Å². The van der Waals surface area contributed by atoms with Gasteiger partial charge in [-0.1, -0.05) is 19.1 Å². The molecule has 4 nitrogen and oxygen atoms in total. The van der Waals surface area contributed by atoms with E-state index >= 15 is 0 Å². The number of hydrogen-bond acceptors (Lipinski definition) is 4.